The van der Waals surface area contributed by atoms with Crippen LogP contribution in [0.1, 0.15) is 0 Å². The van der Waals surface area contributed by atoms with Gasteiger partial charge in [0.25, 0.3) is 0 Å². The molecule has 0 fully saturated rings. The van der Waals surface area contributed by atoms with Crippen molar-refractivity contribution >= 4 is 0 Å². The molecule has 0 aromatic heterocycles. The molecule has 0 aliphatic carbocycles. The highest BCUT2D eigenvalue weighted by molar-refractivity contribution is 3.91. The third kappa shape index (κ3) is 6150. The van der Waals surface area contributed by atoms with Crippen molar-refractivity contribution in [3.05, 3.63) is 5.21 Å². The Balaban J connectivity index is 0. The Labute approximate surface area is 44.9 Å². The van der Waals surface area contributed by atoms with Crippen molar-refractivity contribution in [3.63, 3.8) is 0 Å². The molecule has 46 valence electrons. The lowest BCUT2D eigenvalue weighted by Crippen LogP contribution is -3.00. The first-order valence-corrected chi connectivity index (χ1v) is 2.20. The van der Waals surface area contributed by atoms with E-state index in [-0.39, 0.29) is 5.06 Å². The number of rotatable bonds is 0. The zero-order chi connectivity index (χ0) is 6.28. The minimum Gasteiger partial charge on any atom is -0.635 e. The van der Waals surface area contributed by atoms with E-state index < -0.39 is 0 Å². The van der Waals surface area contributed by atoms with Gasteiger partial charge in [-0.25, -0.2) is 0 Å². The first kappa shape index (κ1) is 9.99. The van der Waals surface area contributed by atoms with E-state index in [1.807, 2.05) is 14.1 Å². The average molecular weight is 106 g/mol. The monoisotopic (exact) mass is 106 g/mol. The van der Waals surface area contributed by atoms with E-state index in [1.165, 1.54) is 14.1 Å². The largest absolute Gasteiger partial charge is 0.635 e. The maximum atomic E-state index is 9.44. The maximum Gasteiger partial charge on any atom is 0.0660 e. The average Bonchev–Trinajstić information content (AvgIpc) is 1.33. The van der Waals surface area contributed by atoms with E-state index in [0.717, 1.165) is 0 Å². The van der Waals surface area contributed by atoms with E-state index in [9.17, 15) is 5.21 Å². The van der Waals surface area contributed by atoms with Gasteiger partial charge in [-0.05, 0) is 14.1 Å². The first-order valence-electron chi connectivity index (χ1n) is 2.20. The van der Waals surface area contributed by atoms with Crippen LogP contribution in [0.4, 0.5) is 0 Å². The first-order chi connectivity index (χ1) is 3.15. The summed E-state index contributed by atoms with van der Waals surface area (Å²) in [7, 11) is 6.81. The summed E-state index contributed by atoms with van der Waals surface area (Å²) in [5.41, 5.74) is 0. The predicted octanol–water partition coefficient (Wildman–Crippen LogP) is -1.54. The third-order valence-electron chi connectivity index (χ3n) is 0. The number of hydrogen-bond donors (Lipinski definition) is 2. The molecule has 0 saturated carbocycles. The summed E-state index contributed by atoms with van der Waals surface area (Å²) in [6, 6.07) is 0. The molecule has 0 rings (SSSR count). The molecule has 7 heavy (non-hydrogen) atoms. The molecule has 2 N–H and O–H groups in total. The minimum absolute atomic E-state index is 0.167. The van der Waals surface area contributed by atoms with Gasteiger partial charge in [-0.3, -0.25) is 0 Å². The Morgan fingerprint density at radius 2 is 1.29 bits per heavy atom. The predicted molar refractivity (Wildman–Crippen MR) is 31.2 cm³/mol. The van der Waals surface area contributed by atoms with Crippen LogP contribution >= 0.6 is 0 Å². The summed E-state index contributed by atoms with van der Waals surface area (Å²) in [4.78, 5) is 0. The Kier molecular flexibility index (Phi) is 13.3. The van der Waals surface area contributed by atoms with Crippen molar-refractivity contribution < 1.29 is 5.06 Å². The minimum atomic E-state index is 0.167. The molecular weight excluding hydrogens is 92.1 g/mol. The van der Waals surface area contributed by atoms with Gasteiger partial charge >= 0.3 is 0 Å². The summed E-state index contributed by atoms with van der Waals surface area (Å²) in [6.45, 7) is 0. The molecule has 0 unspecified atom stereocenters. The SMILES string of the molecule is CNC.C[NH+](C)[O-]. The molecule has 3 nitrogen and oxygen atoms in total. The van der Waals surface area contributed by atoms with Gasteiger partial charge in [0.05, 0.1) is 14.1 Å². The molecule has 3 heteroatoms. The standard InChI is InChI=1S/C2H7NO.C2H7N/c1-3(2)4;1-3-2/h3H,1-2H3;3H,1-2H3. The lowest BCUT2D eigenvalue weighted by Gasteiger charge is -2.04. The lowest BCUT2D eigenvalue weighted by atomic mass is 11.2. The van der Waals surface area contributed by atoms with Crippen molar-refractivity contribution in [2.75, 3.05) is 28.2 Å². The molecule has 0 atom stereocenters. The molecule has 0 spiro atoms. The lowest BCUT2D eigenvalue weighted by molar-refractivity contribution is -0.802. The van der Waals surface area contributed by atoms with Gasteiger partial charge in [0, 0.05) is 0 Å². The maximum absolute atomic E-state index is 9.44. The molecule has 0 aliphatic heterocycles. The van der Waals surface area contributed by atoms with Gasteiger partial charge in [-0.1, -0.05) is 0 Å². The van der Waals surface area contributed by atoms with Crippen molar-refractivity contribution in [3.8, 4) is 0 Å². The summed E-state index contributed by atoms with van der Waals surface area (Å²) >= 11 is 0. The quantitative estimate of drug-likeness (QED) is 0.368. The highest BCUT2D eigenvalue weighted by atomic mass is 16.5. The third-order valence-corrected chi connectivity index (χ3v) is 0. The van der Waals surface area contributed by atoms with Crippen LogP contribution in [0.25, 0.3) is 0 Å². The zero-order valence-corrected chi connectivity index (χ0v) is 5.41. The van der Waals surface area contributed by atoms with Crippen molar-refractivity contribution in [2.45, 2.75) is 0 Å². The van der Waals surface area contributed by atoms with Crippen molar-refractivity contribution in [1.29, 1.82) is 0 Å². The second kappa shape index (κ2) is 9.30. The van der Waals surface area contributed by atoms with Gasteiger partial charge in [0.2, 0.25) is 0 Å². The summed E-state index contributed by atoms with van der Waals surface area (Å²) in [6.07, 6.45) is 0. The van der Waals surface area contributed by atoms with E-state index in [1.54, 1.807) is 0 Å². The fourth-order valence-corrected chi connectivity index (χ4v) is 0. The normalized spacial score (nSPS) is 7.71. The summed E-state index contributed by atoms with van der Waals surface area (Å²) < 4.78 is 0. The Bertz CT molecular complexity index is 20.9. The number of hydrogen-bond acceptors (Lipinski definition) is 2. The fraction of sp³-hybridized carbons (Fsp3) is 1.00. The number of quaternary nitrogens is 1. The van der Waals surface area contributed by atoms with Gasteiger partial charge in [0.15, 0.2) is 0 Å². The Hall–Kier alpha value is -0.120. The fourth-order valence-electron chi connectivity index (χ4n) is 0. The van der Waals surface area contributed by atoms with Crippen LogP contribution < -0.4 is 10.4 Å². The molecular formula is C4H14N2O. The van der Waals surface area contributed by atoms with Crippen LogP contribution in [-0.4, -0.2) is 28.2 Å². The molecule has 0 radical (unpaired) electrons. The second-order valence-electron chi connectivity index (χ2n) is 1.41. The molecule has 0 aliphatic rings. The topological polar surface area (TPSA) is 39.5 Å². The van der Waals surface area contributed by atoms with Crippen molar-refractivity contribution in [1.82, 2.24) is 5.32 Å². The molecule has 0 bridgehead atoms. The Morgan fingerprint density at radius 3 is 1.29 bits per heavy atom. The number of hydroxylamine groups is 2. The van der Waals surface area contributed by atoms with E-state index in [4.69, 9.17) is 0 Å². The van der Waals surface area contributed by atoms with E-state index >= 15 is 0 Å². The van der Waals surface area contributed by atoms with Crippen molar-refractivity contribution in [2.24, 2.45) is 0 Å². The number of nitrogens with one attached hydrogen (secondary N) is 2. The van der Waals surface area contributed by atoms with Crippen LogP contribution in [0.5, 0.6) is 0 Å². The van der Waals surface area contributed by atoms with Crippen LogP contribution in [0.15, 0.2) is 0 Å². The van der Waals surface area contributed by atoms with Crippen LogP contribution in [0.2, 0.25) is 0 Å². The zero-order valence-electron chi connectivity index (χ0n) is 5.41. The van der Waals surface area contributed by atoms with Crippen LogP contribution in [0, 0.1) is 5.21 Å². The van der Waals surface area contributed by atoms with Gasteiger partial charge in [-0.15, -0.1) is 0 Å². The van der Waals surface area contributed by atoms with E-state index in [2.05, 4.69) is 5.32 Å². The van der Waals surface area contributed by atoms with Gasteiger partial charge < -0.3 is 15.6 Å². The molecule has 0 heterocycles. The molecule has 0 saturated heterocycles. The van der Waals surface area contributed by atoms with Crippen LogP contribution in [-0.2, 0) is 0 Å². The second-order valence-corrected chi connectivity index (χ2v) is 1.41. The molecule has 0 aromatic rings. The highest BCUT2D eigenvalue weighted by Crippen LogP contribution is 0.981. The summed E-state index contributed by atoms with van der Waals surface area (Å²) in [5, 5.41) is 12.4. The Morgan fingerprint density at radius 1 is 1.29 bits per heavy atom. The summed E-state index contributed by atoms with van der Waals surface area (Å²) in [5.74, 6) is 0. The van der Waals surface area contributed by atoms with Gasteiger partial charge in [0.1, 0.15) is 0 Å². The smallest absolute Gasteiger partial charge is 0.0660 e. The van der Waals surface area contributed by atoms with Crippen LogP contribution in [0.3, 0.4) is 0 Å². The molecule has 0 amide bonds. The highest BCUT2D eigenvalue weighted by Gasteiger charge is 1.49. The molecule has 0 aromatic carbocycles. The van der Waals surface area contributed by atoms with E-state index in [0.29, 0.717) is 0 Å². The van der Waals surface area contributed by atoms with Gasteiger partial charge in [-0.2, -0.15) is 0 Å².